The zero-order valence-corrected chi connectivity index (χ0v) is 7.38. The molecule has 0 aromatic rings. The van der Waals surface area contributed by atoms with Gasteiger partial charge in [0.1, 0.15) is 5.84 Å². The highest BCUT2D eigenvalue weighted by Gasteiger charge is 1.84. The van der Waals surface area contributed by atoms with Crippen molar-refractivity contribution in [3.8, 4) is 0 Å². The lowest BCUT2D eigenvalue weighted by molar-refractivity contribution is 0.841. The summed E-state index contributed by atoms with van der Waals surface area (Å²) in [6.07, 6.45) is 5.38. The molecule has 64 valence electrons. The molecule has 0 unspecified atom stereocenters. The predicted molar refractivity (Wildman–Crippen MR) is 50.4 cm³/mol. The third-order valence-electron chi connectivity index (χ3n) is 1.36. The first kappa shape index (κ1) is 10.1. The van der Waals surface area contributed by atoms with Gasteiger partial charge < -0.3 is 5.73 Å². The summed E-state index contributed by atoms with van der Waals surface area (Å²) in [6.45, 7) is 2.70. The van der Waals surface area contributed by atoms with Crippen molar-refractivity contribution in [1.82, 2.24) is 0 Å². The van der Waals surface area contributed by atoms with Gasteiger partial charge >= 0.3 is 0 Å². The molecule has 0 fully saturated rings. The average Bonchev–Trinajstić information content (AvgIpc) is 2.04. The smallest absolute Gasteiger partial charge is 0.115 e. The van der Waals surface area contributed by atoms with Crippen molar-refractivity contribution in [3.05, 3.63) is 0 Å². The van der Waals surface area contributed by atoms with Crippen molar-refractivity contribution in [1.29, 1.82) is 0 Å². The lowest BCUT2D eigenvalue weighted by Crippen LogP contribution is -2.14. The van der Waals surface area contributed by atoms with Gasteiger partial charge in [0.25, 0.3) is 0 Å². The maximum Gasteiger partial charge on any atom is 0.115 e. The number of nitrogens with two attached hydrogens (primary N) is 1. The Morgan fingerprint density at radius 3 is 2.82 bits per heavy atom. The van der Waals surface area contributed by atoms with Gasteiger partial charge in [-0.2, -0.15) is 0 Å². The van der Waals surface area contributed by atoms with Crippen LogP contribution in [0.1, 0.15) is 26.2 Å². The van der Waals surface area contributed by atoms with Crippen molar-refractivity contribution < 1.29 is 0 Å². The molecule has 0 aliphatic carbocycles. The summed E-state index contributed by atoms with van der Waals surface area (Å²) in [5, 5.41) is 0. The minimum Gasteiger partial charge on any atom is -0.386 e. The summed E-state index contributed by atoms with van der Waals surface area (Å²) in [7, 11) is 1.68. The molecule has 0 heterocycles. The molecule has 2 N–H and O–H groups in total. The van der Waals surface area contributed by atoms with Crippen LogP contribution in [0.2, 0.25) is 0 Å². The molecule has 3 heteroatoms. The van der Waals surface area contributed by atoms with E-state index >= 15 is 0 Å². The largest absolute Gasteiger partial charge is 0.386 e. The van der Waals surface area contributed by atoms with Crippen LogP contribution in [0.4, 0.5) is 0 Å². The van der Waals surface area contributed by atoms with Crippen molar-refractivity contribution in [2.45, 2.75) is 26.2 Å². The Hall–Kier alpha value is -0.860. The highest BCUT2D eigenvalue weighted by atomic mass is 14.9. The summed E-state index contributed by atoms with van der Waals surface area (Å²) in [5.41, 5.74) is 5.42. The van der Waals surface area contributed by atoms with Gasteiger partial charge in [-0.05, 0) is 19.1 Å². The minimum absolute atomic E-state index is 0.542. The van der Waals surface area contributed by atoms with Crippen LogP contribution in [0.25, 0.3) is 0 Å². The summed E-state index contributed by atoms with van der Waals surface area (Å²) < 4.78 is 0. The van der Waals surface area contributed by atoms with Crippen molar-refractivity contribution in [2.75, 3.05) is 13.6 Å². The molecule has 0 radical (unpaired) electrons. The molecular formula is C8H17N3. The molecule has 0 aliphatic rings. The van der Waals surface area contributed by atoms with Crippen LogP contribution in [0.3, 0.4) is 0 Å². The molecule has 0 rings (SSSR count). The third-order valence-corrected chi connectivity index (χ3v) is 1.36. The molecule has 0 aromatic heterocycles. The predicted octanol–water partition coefficient (Wildman–Crippen LogP) is 1.23. The van der Waals surface area contributed by atoms with Crippen LogP contribution in [-0.2, 0) is 0 Å². The Morgan fingerprint density at radius 1 is 1.55 bits per heavy atom. The number of rotatable bonds is 5. The van der Waals surface area contributed by atoms with E-state index < -0.39 is 0 Å². The molecule has 0 bridgehead atoms. The topological polar surface area (TPSA) is 50.7 Å². The number of amidine groups is 1. The Balaban J connectivity index is 3.30. The maximum absolute atomic E-state index is 5.42. The molecule has 0 aromatic carbocycles. The molecule has 3 nitrogen and oxygen atoms in total. The summed E-state index contributed by atoms with van der Waals surface area (Å²) in [6, 6.07) is 0. The standard InChI is InChI=1S/C8H17N3/c1-3-4-5-6-11-7-8(9)10-2/h6H,3-5,7H2,1-2H3,(H2,9,10). The number of hydrogen-bond acceptors (Lipinski definition) is 2. The number of hydrogen-bond donors (Lipinski definition) is 1. The Kier molecular flexibility index (Phi) is 6.68. The second-order valence-corrected chi connectivity index (χ2v) is 2.38. The molecule has 0 saturated heterocycles. The molecular weight excluding hydrogens is 138 g/mol. The second kappa shape index (κ2) is 7.25. The Bertz CT molecular complexity index is 138. The fraction of sp³-hybridized carbons (Fsp3) is 0.750. The van der Waals surface area contributed by atoms with Crippen LogP contribution in [-0.4, -0.2) is 25.6 Å². The molecule has 11 heavy (non-hydrogen) atoms. The van der Waals surface area contributed by atoms with Gasteiger partial charge in [-0.1, -0.05) is 13.3 Å². The third kappa shape index (κ3) is 7.03. The van der Waals surface area contributed by atoms with Gasteiger partial charge in [-0.25, -0.2) is 0 Å². The number of nitrogens with zero attached hydrogens (tertiary/aromatic N) is 2. The van der Waals surface area contributed by atoms with Crippen molar-refractivity contribution >= 4 is 12.1 Å². The minimum atomic E-state index is 0.542. The Morgan fingerprint density at radius 2 is 2.27 bits per heavy atom. The highest BCUT2D eigenvalue weighted by Crippen LogP contribution is 1.89. The SMILES string of the molecule is CCCCC=NCC(N)=NC. The lowest BCUT2D eigenvalue weighted by atomic mass is 10.3. The van der Waals surface area contributed by atoms with Crippen LogP contribution in [0, 0.1) is 0 Å². The summed E-state index contributed by atoms with van der Waals surface area (Å²) >= 11 is 0. The van der Waals surface area contributed by atoms with Crippen LogP contribution >= 0.6 is 0 Å². The van der Waals surface area contributed by atoms with E-state index in [0.717, 1.165) is 6.42 Å². The van der Waals surface area contributed by atoms with Crippen molar-refractivity contribution in [3.63, 3.8) is 0 Å². The first-order chi connectivity index (χ1) is 5.31. The van der Waals surface area contributed by atoms with E-state index in [0.29, 0.717) is 12.4 Å². The van der Waals surface area contributed by atoms with Crippen molar-refractivity contribution in [2.24, 2.45) is 15.7 Å². The molecule has 0 saturated carbocycles. The summed E-state index contributed by atoms with van der Waals surface area (Å²) in [5.74, 6) is 0.595. The van der Waals surface area contributed by atoms with Gasteiger partial charge in [-0.15, -0.1) is 0 Å². The quantitative estimate of drug-likeness (QED) is 0.362. The molecule has 0 aliphatic heterocycles. The second-order valence-electron chi connectivity index (χ2n) is 2.38. The van der Waals surface area contributed by atoms with E-state index in [1.807, 2.05) is 6.21 Å². The van der Waals surface area contributed by atoms with Gasteiger partial charge in [0.2, 0.25) is 0 Å². The monoisotopic (exact) mass is 155 g/mol. The van der Waals surface area contributed by atoms with E-state index in [2.05, 4.69) is 16.9 Å². The molecule has 0 amide bonds. The molecule has 0 atom stereocenters. The van der Waals surface area contributed by atoms with E-state index in [1.54, 1.807) is 7.05 Å². The van der Waals surface area contributed by atoms with Gasteiger partial charge in [-0.3, -0.25) is 9.98 Å². The first-order valence-corrected chi connectivity index (χ1v) is 4.00. The molecule has 0 spiro atoms. The van der Waals surface area contributed by atoms with Crippen LogP contribution in [0.5, 0.6) is 0 Å². The Labute approximate surface area is 68.4 Å². The van der Waals surface area contributed by atoms with Crippen LogP contribution in [0.15, 0.2) is 9.98 Å². The van der Waals surface area contributed by atoms with E-state index in [-0.39, 0.29) is 0 Å². The van der Waals surface area contributed by atoms with E-state index in [9.17, 15) is 0 Å². The normalized spacial score (nSPS) is 12.7. The highest BCUT2D eigenvalue weighted by molar-refractivity contribution is 5.83. The zero-order chi connectivity index (χ0) is 8.53. The number of aliphatic imine (C=N–C) groups is 2. The zero-order valence-electron chi connectivity index (χ0n) is 7.38. The fourth-order valence-corrected chi connectivity index (χ4v) is 0.615. The summed E-state index contributed by atoms with van der Waals surface area (Å²) in [4.78, 5) is 7.89. The van der Waals surface area contributed by atoms with Gasteiger partial charge in [0.15, 0.2) is 0 Å². The first-order valence-electron chi connectivity index (χ1n) is 4.00. The fourth-order valence-electron chi connectivity index (χ4n) is 0.615. The number of unbranched alkanes of at least 4 members (excludes halogenated alkanes) is 2. The van der Waals surface area contributed by atoms with Gasteiger partial charge in [0.05, 0.1) is 6.54 Å². The van der Waals surface area contributed by atoms with Gasteiger partial charge in [0, 0.05) is 7.05 Å². The lowest BCUT2D eigenvalue weighted by Gasteiger charge is -1.91. The van der Waals surface area contributed by atoms with E-state index in [1.165, 1.54) is 12.8 Å². The van der Waals surface area contributed by atoms with E-state index in [4.69, 9.17) is 5.73 Å². The average molecular weight is 155 g/mol. The maximum atomic E-state index is 5.42. The van der Waals surface area contributed by atoms with Crippen LogP contribution < -0.4 is 5.73 Å².